The second-order valence-electron chi connectivity index (χ2n) is 6.57. The molecule has 1 saturated carbocycles. The molecule has 0 amide bonds. The fourth-order valence-corrected chi connectivity index (χ4v) is 2.32. The van der Waals surface area contributed by atoms with Crippen molar-refractivity contribution < 1.29 is 0 Å². The van der Waals surface area contributed by atoms with Crippen molar-refractivity contribution in [1.82, 2.24) is 5.32 Å². The van der Waals surface area contributed by atoms with Crippen molar-refractivity contribution in [2.75, 3.05) is 13.1 Å². The predicted molar refractivity (Wildman–Crippen MR) is 71.4 cm³/mol. The SMILES string of the molecule is CC(C)C(C)(C)CNCC1CCCC(N)C1. The van der Waals surface area contributed by atoms with Crippen LogP contribution in [-0.2, 0) is 0 Å². The Kier molecular flexibility index (Phi) is 5.26. The largest absolute Gasteiger partial charge is 0.328 e. The van der Waals surface area contributed by atoms with Gasteiger partial charge in [0.25, 0.3) is 0 Å². The third kappa shape index (κ3) is 4.42. The Balaban J connectivity index is 2.20. The monoisotopic (exact) mass is 226 g/mol. The van der Waals surface area contributed by atoms with E-state index in [0.717, 1.165) is 24.9 Å². The standard InChI is InChI=1S/C14H30N2/c1-11(2)14(3,4)10-16-9-12-6-5-7-13(15)8-12/h11-13,16H,5-10,15H2,1-4H3. The van der Waals surface area contributed by atoms with Crippen LogP contribution in [0, 0.1) is 17.3 Å². The van der Waals surface area contributed by atoms with Crippen molar-refractivity contribution in [3.05, 3.63) is 0 Å². The normalized spacial score (nSPS) is 27.4. The molecule has 0 heterocycles. The number of nitrogens with one attached hydrogen (secondary N) is 1. The average molecular weight is 226 g/mol. The minimum absolute atomic E-state index is 0.400. The van der Waals surface area contributed by atoms with Gasteiger partial charge in [0, 0.05) is 12.6 Å². The molecule has 3 N–H and O–H groups in total. The maximum Gasteiger partial charge on any atom is 0.00419 e. The molecule has 16 heavy (non-hydrogen) atoms. The van der Waals surface area contributed by atoms with Crippen molar-refractivity contribution in [2.45, 2.75) is 59.4 Å². The molecule has 1 rings (SSSR count). The Morgan fingerprint density at radius 1 is 1.31 bits per heavy atom. The van der Waals surface area contributed by atoms with Gasteiger partial charge < -0.3 is 11.1 Å². The third-order valence-electron chi connectivity index (χ3n) is 4.40. The molecular weight excluding hydrogens is 196 g/mol. The summed E-state index contributed by atoms with van der Waals surface area (Å²) in [6.07, 6.45) is 5.13. The fourth-order valence-electron chi connectivity index (χ4n) is 2.32. The van der Waals surface area contributed by atoms with Crippen molar-refractivity contribution in [2.24, 2.45) is 23.0 Å². The molecule has 0 aromatic rings. The van der Waals surface area contributed by atoms with Crippen molar-refractivity contribution in [3.63, 3.8) is 0 Å². The van der Waals surface area contributed by atoms with Crippen LogP contribution in [0.4, 0.5) is 0 Å². The van der Waals surface area contributed by atoms with E-state index in [1.807, 2.05) is 0 Å². The molecule has 1 aliphatic carbocycles. The van der Waals surface area contributed by atoms with Gasteiger partial charge in [-0.15, -0.1) is 0 Å². The summed E-state index contributed by atoms with van der Waals surface area (Å²) in [5, 5.41) is 3.64. The van der Waals surface area contributed by atoms with Crippen LogP contribution in [0.25, 0.3) is 0 Å². The molecule has 0 bridgehead atoms. The predicted octanol–water partition coefficient (Wildman–Crippen LogP) is 2.78. The molecule has 0 aromatic carbocycles. The van der Waals surface area contributed by atoms with E-state index in [0.29, 0.717) is 11.5 Å². The van der Waals surface area contributed by atoms with Gasteiger partial charge in [0.1, 0.15) is 0 Å². The summed E-state index contributed by atoms with van der Waals surface area (Å²) in [4.78, 5) is 0. The zero-order chi connectivity index (χ0) is 12.2. The molecule has 2 atom stereocenters. The Bertz CT molecular complexity index is 199. The Hall–Kier alpha value is -0.0800. The quantitative estimate of drug-likeness (QED) is 0.756. The molecule has 2 heteroatoms. The molecule has 2 nitrogen and oxygen atoms in total. The van der Waals surface area contributed by atoms with E-state index >= 15 is 0 Å². The first-order valence-electron chi connectivity index (χ1n) is 6.88. The lowest BCUT2D eigenvalue weighted by Gasteiger charge is -2.32. The number of hydrogen-bond donors (Lipinski definition) is 2. The molecular formula is C14H30N2. The van der Waals surface area contributed by atoms with E-state index < -0.39 is 0 Å². The highest BCUT2D eigenvalue weighted by Gasteiger charge is 2.23. The van der Waals surface area contributed by atoms with E-state index in [-0.39, 0.29) is 0 Å². The first kappa shape index (κ1) is 14.0. The summed E-state index contributed by atoms with van der Waals surface area (Å²) in [5.74, 6) is 1.54. The van der Waals surface area contributed by atoms with Crippen LogP contribution < -0.4 is 11.1 Å². The van der Waals surface area contributed by atoms with Gasteiger partial charge in [0.05, 0.1) is 0 Å². The summed E-state index contributed by atoms with van der Waals surface area (Å²) in [6, 6.07) is 0.457. The molecule has 0 saturated heterocycles. The maximum absolute atomic E-state index is 6.00. The van der Waals surface area contributed by atoms with Gasteiger partial charge in [-0.3, -0.25) is 0 Å². The number of hydrogen-bond acceptors (Lipinski definition) is 2. The highest BCUT2D eigenvalue weighted by molar-refractivity contribution is 4.79. The van der Waals surface area contributed by atoms with Crippen LogP contribution in [0.15, 0.2) is 0 Å². The van der Waals surface area contributed by atoms with Crippen molar-refractivity contribution >= 4 is 0 Å². The molecule has 1 aliphatic rings. The summed E-state index contributed by atoms with van der Waals surface area (Å²) >= 11 is 0. The van der Waals surface area contributed by atoms with Crippen LogP contribution in [0.3, 0.4) is 0 Å². The Morgan fingerprint density at radius 3 is 2.56 bits per heavy atom. The van der Waals surface area contributed by atoms with Crippen molar-refractivity contribution in [1.29, 1.82) is 0 Å². The molecule has 96 valence electrons. The molecule has 1 fully saturated rings. The molecule has 0 spiro atoms. The lowest BCUT2D eigenvalue weighted by molar-refractivity contribution is 0.224. The maximum atomic E-state index is 6.00. The van der Waals surface area contributed by atoms with Gasteiger partial charge >= 0.3 is 0 Å². The van der Waals surface area contributed by atoms with E-state index in [9.17, 15) is 0 Å². The van der Waals surface area contributed by atoms with Crippen LogP contribution in [0.2, 0.25) is 0 Å². The van der Waals surface area contributed by atoms with E-state index in [1.165, 1.54) is 25.7 Å². The van der Waals surface area contributed by atoms with Gasteiger partial charge in [-0.2, -0.15) is 0 Å². The van der Waals surface area contributed by atoms with Crippen LogP contribution in [0.5, 0.6) is 0 Å². The van der Waals surface area contributed by atoms with Gasteiger partial charge in [-0.05, 0) is 43.1 Å². The van der Waals surface area contributed by atoms with Gasteiger partial charge in [-0.1, -0.05) is 34.1 Å². The van der Waals surface area contributed by atoms with Crippen LogP contribution >= 0.6 is 0 Å². The van der Waals surface area contributed by atoms with E-state index in [2.05, 4.69) is 33.0 Å². The van der Waals surface area contributed by atoms with E-state index in [4.69, 9.17) is 5.73 Å². The second kappa shape index (κ2) is 6.02. The molecule has 0 aliphatic heterocycles. The van der Waals surface area contributed by atoms with Crippen molar-refractivity contribution in [3.8, 4) is 0 Å². The summed E-state index contributed by atoms with van der Waals surface area (Å²) in [7, 11) is 0. The molecule has 0 radical (unpaired) electrons. The minimum atomic E-state index is 0.400. The first-order chi connectivity index (χ1) is 7.42. The van der Waals surface area contributed by atoms with Gasteiger partial charge in [0.15, 0.2) is 0 Å². The fraction of sp³-hybridized carbons (Fsp3) is 1.00. The first-order valence-corrected chi connectivity index (χ1v) is 6.88. The lowest BCUT2D eigenvalue weighted by atomic mass is 9.80. The number of nitrogens with two attached hydrogens (primary N) is 1. The third-order valence-corrected chi connectivity index (χ3v) is 4.40. The number of rotatable bonds is 5. The second-order valence-corrected chi connectivity index (χ2v) is 6.57. The Labute approximate surface area is 101 Å². The zero-order valence-electron chi connectivity index (χ0n) is 11.6. The average Bonchev–Trinajstić information content (AvgIpc) is 2.17. The Morgan fingerprint density at radius 2 is 2.00 bits per heavy atom. The summed E-state index contributed by atoms with van der Waals surface area (Å²) in [6.45, 7) is 11.6. The van der Waals surface area contributed by atoms with E-state index in [1.54, 1.807) is 0 Å². The lowest BCUT2D eigenvalue weighted by Crippen LogP contribution is -2.38. The molecule has 2 unspecified atom stereocenters. The molecule has 0 aromatic heterocycles. The van der Waals surface area contributed by atoms with Gasteiger partial charge in [0.2, 0.25) is 0 Å². The smallest absolute Gasteiger partial charge is 0.00419 e. The highest BCUT2D eigenvalue weighted by Crippen LogP contribution is 2.26. The zero-order valence-corrected chi connectivity index (χ0v) is 11.6. The topological polar surface area (TPSA) is 38.0 Å². The van der Waals surface area contributed by atoms with Gasteiger partial charge in [-0.25, -0.2) is 0 Å². The highest BCUT2D eigenvalue weighted by atomic mass is 14.9. The van der Waals surface area contributed by atoms with Crippen LogP contribution in [-0.4, -0.2) is 19.1 Å². The summed E-state index contributed by atoms with van der Waals surface area (Å²) < 4.78 is 0. The summed E-state index contributed by atoms with van der Waals surface area (Å²) in [5.41, 5.74) is 6.40. The van der Waals surface area contributed by atoms with Crippen LogP contribution in [0.1, 0.15) is 53.4 Å². The minimum Gasteiger partial charge on any atom is -0.328 e.